The van der Waals surface area contributed by atoms with Crippen LogP contribution in [0.25, 0.3) is 38.2 Å². The third kappa shape index (κ3) is 11.4. The average molecular weight is 853 g/mol. The third-order valence-electron chi connectivity index (χ3n) is 12.9. The van der Waals surface area contributed by atoms with Gasteiger partial charge in [0.15, 0.2) is 0 Å². The predicted molar refractivity (Wildman–Crippen MR) is 288 cm³/mol. The second-order valence-electron chi connectivity index (χ2n) is 18.0. The maximum absolute atomic E-state index is 2.50. The molecule has 8 aromatic carbocycles. The number of allylic oxidation sites excluding steroid dienone is 4. The molecular weight excluding hydrogens is 781 g/mol. The van der Waals surface area contributed by atoms with Crippen LogP contribution in [0, 0.1) is 27.7 Å². The highest BCUT2D eigenvalue weighted by Gasteiger charge is 2.37. The molecule has 0 nitrogen and oxygen atoms in total. The van der Waals surface area contributed by atoms with Crippen LogP contribution in [-0.2, 0) is 11.8 Å². The third-order valence-corrected chi connectivity index (χ3v) is 12.9. The molecule has 11 rings (SSSR count). The summed E-state index contributed by atoms with van der Waals surface area (Å²) in [6, 6.07) is 61.3. The van der Waals surface area contributed by atoms with Gasteiger partial charge < -0.3 is 0 Å². The number of rotatable bonds is 2. The Hall–Kier alpha value is -6.24. The van der Waals surface area contributed by atoms with Gasteiger partial charge >= 0.3 is 0 Å². The van der Waals surface area contributed by atoms with E-state index < -0.39 is 0 Å². The summed E-state index contributed by atoms with van der Waals surface area (Å²) >= 11 is 0. The number of aryl methyl sites for hydroxylation is 4. The molecular formula is C65H72. The number of hydrogen-bond donors (Lipinski definition) is 0. The first kappa shape index (κ1) is 48.2. The number of benzene rings is 8. The Morgan fingerprint density at radius 1 is 0.508 bits per heavy atom. The fraction of sp³-hybridized carbons (Fsp3) is 0.262. The van der Waals surface area contributed by atoms with E-state index in [4.69, 9.17) is 0 Å². The lowest BCUT2D eigenvalue weighted by Crippen LogP contribution is -2.15. The molecule has 0 fully saturated rings. The smallest absolute Gasteiger partial charge is 0.0159 e. The fourth-order valence-electron chi connectivity index (χ4n) is 9.59. The summed E-state index contributed by atoms with van der Waals surface area (Å²) in [7, 11) is 0. The van der Waals surface area contributed by atoms with Crippen molar-refractivity contribution < 1.29 is 0 Å². The van der Waals surface area contributed by atoms with Crippen LogP contribution in [0.4, 0.5) is 0 Å². The molecule has 0 amide bonds. The fourth-order valence-corrected chi connectivity index (χ4v) is 9.59. The molecule has 0 aliphatic heterocycles. The highest BCUT2D eigenvalue weighted by molar-refractivity contribution is 6.04. The Kier molecular flexibility index (Phi) is 16.8. The van der Waals surface area contributed by atoms with Gasteiger partial charge in [0, 0.05) is 5.41 Å². The van der Waals surface area contributed by atoms with Crippen molar-refractivity contribution in [2.45, 2.75) is 113 Å². The zero-order chi connectivity index (χ0) is 46.5. The topological polar surface area (TPSA) is 0 Å². The first-order valence-corrected chi connectivity index (χ1v) is 24.2. The Bertz CT molecular complexity index is 2830. The highest BCUT2D eigenvalue weighted by Crippen LogP contribution is 2.52. The van der Waals surface area contributed by atoms with E-state index in [1.807, 2.05) is 64.1 Å². The van der Waals surface area contributed by atoms with E-state index in [1.165, 1.54) is 113 Å². The van der Waals surface area contributed by atoms with Gasteiger partial charge in [-0.2, -0.15) is 0 Å². The summed E-state index contributed by atoms with van der Waals surface area (Å²) in [6.07, 6.45) is 9.36. The van der Waals surface area contributed by atoms with Crippen LogP contribution in [0.2, 0.25) is 0 Å². The van der Waals surface area contributed by atoms with E-state index in [0.29, 0.717) is 5.92 Å². The molecule has 0 heteroatoms. The summed E-state index contributed by atoms with van der Waals surface area (Å²) in [5.41, 5.74) is 20.2. The molecule has 0 N–H and O–H groups in total. The molecule has 0 spiro atoms. The van der Waals surface area contributed by atoms with Crippen molar-refractivity contribution in [1.82, 2.24) is 0 Å². The number of hydrogen-bond acceptors (Lipinski definition) is 0. The van der Waals surface area contributed by atoms with E-state index in [1.54, 1.807) is 5.57 Å². The molecule has 0 saturated carbocycles. The monoisotopic (exact) mass is 853 g/mol. The Balaban J connectivity index is 0.000000194. The second-order valence-corrected chi connectivity index (χ2v) is 18.0. The minimum absolute atomic E-state index is 0.00995. The Morgan fingerprint density at radius 3 is 1.71 bits per heavy atom. The van der Waals surface area contributed by atoms with Gasteiger partial charge in [0.2, 0.25) is 0 Å². The van der Waals surface area contributed by atoms with E-state index in [0.717, 1.165) is 6.42 Å². The highest BCUT2D eigenvalue weighted by atomic mass is 14.4. The minimum atomic E-state index is 0.00995. The van der Waals surface area contributed by atoms with Crippen molar-refractivity contribution >= 4 is 27.1 Å². The molecule has 0 aromatic heterocycles. The standard InChI is InChI=1S/C36H34.C11H10.2C7H8.2C2H6/c1-22-17-26-9-5-6-11-28(26)29-15-13-24(20-32(22)29)19-25-14-16-31-33(21-25)36(3,4)34-18-23(2)27-10-7-8-12-30(27)35(31)34;1-9-6-7-10-4-2-3-5-11(10)8-9;2*1-7-5-3-2-4-6-7;2*1-2/h6-8,10-16,18,20-22H,5,9,17,19H2,1-4H3;2-8H,1H3;2*2-6H,1H3;2*1-2H3. The van der Waals surface area contributed by atoms with Crippen molar-refractivity contribution in [2.75, 3.05) is 0 Å². The van der Waals surface area contributed by atoms with Gasteiger partial charge in [-0.3, -0.25) is 0 Å². The molecule has 332 valence electrons. The van der Waals surface area contributed by atoms with Crippen LogP contribution >= 0.6 is 0 Å². The van der Waals surface area contributed by atoms with Gasteiger partial charge in [0.1, 0.15) is 0 Å². The molecule has 0 saturated heterocycles. The van der Waals surface area contributed by atoms with Gasteiger partial charge in [-0.1, -0.05) is 253 Å². The maximum atomic E-state index is 2.50. The lowest BCUT2D eigenvalue weighted by molar-refractivity contribution is 0.659. The molecule has 0 radical (unpaired) electrons. The molecule has 65 heavy (non-hydrogen) atoms. The van der Waals surface area contributed by atoms with Crippen LogP contribution in [-0.4, -0.2) is 0 Å². The zero-order valence-electron chi connectivity index (χ0n) is 41.2. The predicted octanol–water partition coefficient (Wildman–Crippen LogP) is 18.8. The average Bonchev–Trinajstić information content (AvgIpc) is 3.56. The van der Waals surface area contributed by atoms with Crippen molar-refractivity contribution in [3.05, 3.63) is 243 Å². The Labute approximate surface area is 392 Å². The zero-order valence-corrected chi connectivity index (χ0v) is 41.2. The maximum Gasteiger partial charge on any atom is 0.0159 e. The molecule has 0 bridgehead atoms. The van der Waals surface area contributed by atoms with Crippen molar-refractivity contribution in [3.63, 3.8) is 0 Å². The van der Waals surface area contributed by atoms with Crippen molar-refractivity contribution in [2.24, 2.45) is 0 Å². The second kappa shape index (κ2) is 22.6. The van der Waals surface area contributed by atoms with Crippen LogP contribution in [0.5, 0.6) is 0 Å². The van der Waals surface area contributed by atoms with Gasteiger partial charge in [-0.05, 0) is 136 Å². The summed E-state index contributed by atoms with van der Waals surface area (Å²) in [5.74, 6) is 0.607. The molecule has 1 unspecified atom stereocenters. The van der Waals surface area contributed by atoms with Gasteiger partial charge in [-0.15, -0.1) is 0 Å². The van der Waals surface area contributed by atoms with Crippen molar-refractivity contribution in [1.29, 1.82) is 0 Å². The lowest BCUT2D eigenvalue weighted by Gasteiger charge is -2.29. The van der Waals surface area contributed by atoms with Gasteiger partial charge in [0.05, 0.1) is 0 Å². The largest absolute Gasteiger partial charge is 0.0836 e. The quantitative estimate of drug-likeness (QED) is 0.163. The van der Waals surface area contributed by atoms with E-state index >= 15 is 0 Å². The van der Waals surface area contributed by atoms with Crippen LogP contribution < -0.4 is 0 Å². The summed E-state index contributed by atoms with van der Waals surface area (Å²) < 4.78 is 0. The van der Waals surface area contributed by atoms with Crippen LogP contribution in [0.3, 0.4) is 0 Å². The molecule has 3 aliphatic rings. The molecule has 8 aromatic rings. The SMILES string of the molecule is CC.CC.Cc1cc2c(c3ccccc13)-c1ccc(Cc3ccc4c(c3)C(C)CC3=C4C=CCC3)cc1C2(C)C.Cc1ccc2ccccc2c1.Cc1ccccc1.Cc1ccccc1. The first-order valence-electron chi connectivity index (χ1n) is 24.2. The summed E-state index contributed by atoms with van der Waals surface area (Å²) in [4.78, 5) is 0. The summed E-state index contributed by atoms with van der Waals surface area (Å²) in [6.45, 7) is 23.8. The van der Waals surface area contributed by atoms with Crippen LogP contribution in [0.15, 0.2) is 188 Å². The Morgan fingerprint density at radius 2 is 1.08 bits per heavy atom. The van der Waals surface area contributed by atoms with Gasteiger partial charge in [-0.25, -0.2) is 0 Å². The van der Waals surface area contributed by atoms with Crippen LogP contribution in [0.1, 0.15) is 129 Å². The number of fused-ring (bicyclic) bond motifs is 8. The van der Waals surface area contributed by atoms with E-state index in [9.17, 15) is 0 Å². The van der Waals surface area contributed by atoms with Gasteiger partial charge in [0.25, 0.3) is 0 Å². The first-order chi connectivity index (χ1) is 31.6. The van der Waals surface area contributed by atoms with Crippen molar-refractivity contribution in [3.8, 4) is 11.1 Å². The lowest BCUT2D eigenvalue weighted by atomic mass is 9.75. The van der Waals surface area contributed by atoms with E-state index in [2.05, 4.69) is 194 Å². The molecule has 3 aliphatic carbocycles. The molecule has 0 heterocycles. The normalized spacial score (nSPS) is 14.4. The summed E-state index contributed by atoms with van der Waals surface area (Å²) in [5, 5.41) is 5.41. The molecule has 1 atom stereocenters. The minimum Gasteiger partial charge on any atom is -0.0836 e. The van der Waals surface area contributed by atoms with E-state index in [-0.39, 0.29) is 5.41 Å².